The van der Waals surface area contributed by atoms with Gasteiger partial charge in [0.1, 0.15) is 0 Å². The highest BCUT2D eigenvalue weighted by Crippen LogP contribution is 2.22. The molecule has 0 radical (unpaired) electrons. The van der Waals surface area contributed by atoms with Crippen molar-refractivity contribution in [2.45, 2.75) is 12.8 Å². The van der Waals surface area contributed by atoms with Crippen LogP contribution >= 0.6 is 15.9 Å². The summed E-state index contributed by atoms with van der Waals surface area (Å²) in [4.78, 5) is 14.6. The molecule has 1 heterocycles. The predicted octanol–water partition coefficient (Wildman–Crippen LogP) is 3.27. The standard InChI is InChI=1S/C17H17BrN2O/c18-14-5-6-15(16(19)11-14)17(21)20-9-7-12-3-1-2-4-13(12)8-10-20/h1-6,11H,7-10,19H2. The summed E-state index contributed by atoms with van der Waals surface area (Å²) in [5, 5.41) is 0. The third-order valence-electron chi connectivity index (χ3n) is 3.95. The number of nitrogens with two attached hydrogens (primary N) is 1. The van der Waals surface area contributed by atoms with Gasteiger partial charge < -0.3 is 10.6 Å². The number of fused-ring (bicyclic) bond motifs is 1. The van der Waals surface area contributed by atoms with Crippen molar-refractivity contribution < 1.29 is 4.79 Å². The van der Waals surface area contributed by atoms with E-state index in [-0.39, 0.29) is 5.91 Å². The van der Waals surface area contributed by atoms with Crippen LogP contribution in [0.25, 0.3) is 0 Å². The van der Waals surface area contributed by atoms with Gasteiger partial charge in [-0.15, -0.1) is 0 Å². The van der Waals surface area contributed by atoms with Crippen molar-refractivity contribution in [1.82, 2.24) is 4.90 Å². The Bertz CT molecular complexity index is 657. The second-order valence-corrected chi connectivity index (χ2v) is 6.21. The number of amides is 1. The molecular formula is C17H17BrN2O. The minimum Gasteiger partial charge on any atom is -0.398 e. The van der Waals surface area contributed by atoms with Gasteiger partial charge in [0.15, 0.2) is 0 Å². The quantitative estimate of drug-likeness (QED) is 0.807. The highest BCUT2D eigenvalue weighted by atomic mass is 79.9. The molecular weight excluding hydrogens is 328 g/mol. The van der Waals surface area contributed by atoms with Crippen LogP contribution in [-0.2, 0) is 12.8 Å². The normalized spacial score (nSPS) is 14.4. The van der Waals surface area contributed by atoms with Crippen molar-refractivity contribution in [3.63, 3.8) is 0 Å². The maximum Gasteiger partial charge on any atom is 0.255 e. The zero-order valence-electron chi connectivity index (χ0n) is 11.7. The number of hydrogen-bond donors (Lipinski definition) is 1. The molecule has 1 aliphatic heterocycles. The van der Waals surface area contributed by atoms with Crippen molar-refractivity contribution in [3.8, 4) is 0 Å². The van der Waals surface area contributed by atoms with Gasteiger partial charge in [0.2, 0.25) is 0 Å². The first kappa shape index (κ1) is 14.1. The molecule has 3 rings (SSSR count). The van der Waals surface area contributed by atoms with E-state index >= 15 is 0 Å². The van der Waals surface area contributed by atoms with Crippen LogP contribution in [0, 0.1) is 0 Å². The van der Waals surface area contributed by atoms with E-state index in [0.29, 0.717) is 11.3 Å². The van der Waals surface area contributed by atoms with Gasteiger partial charge in [0.05, 0.1) is 5.56 Å². The monoisotopic (exact) mass is 344 g/mol. The van der Waals surface area contributed by atoms with Gasteiger partial charge >= 0.3 is 0 Å². The lowest BCUT2D eigenvalue weighted by atomic mass is 10.0. The number of carbonyl (C=O) groups excluding carboxylic acids is 1. The average molecular weight is 345 g/mol. The number of rotatable bonds is 1. The molecule has 108 valence electrons. The summed E-state index contributed by atoms with van der Waals surface area (Å²) in [5.74, 6) is 0.0211. The van der Waals surface area contributed by atoms with Crippen LogP contribution in [0.5, 0.6) is 0 Å². The Hall–Kier alpha value is -1.81. The highest BCUT2D eigenvalue weighted by Gasteiger charge is 2.21. The molecule has 0 spiro atoms. The number of nitrogens with zero attached hydrogens (tertiary/aromatic N) is 1. The average Bonchev–Trinajstić information content (AvgIpc) is 2.69. The lowest BCUT2D eigenvalue weighted by molar-refractivity contribution is 0.0764. The molecule has 3 nitrogen and oxygen atoms in total. The summed E-state index contributed by atoms with van der Waals surface area (Å²) < 4.78 is 0.889. The Kier molecular flexibility index (Phi) is 3.97. The van der Waals surface area contributed by atoms with Crippen LogP contribution < -0.4 is 5.73 Å². The summed E-state index contributed by atoms with van der Waals surface area (Å²) >= 11 is 3.37. The zero-order valence-corrected chi connectivity index (χ0v) is 13.3. The molecule has 4 heteroatoms. The summed E-state index contributed by atoms with van der Waals surface area (Å²) in [5.41, 5.74) is 9.77. The minimum absolute atomic E-state index is 0.0211. The lowest BCUT2D eigenvalue weighted by Crippen LogP contribution is -2.33. The largest absolute Gasteiger partial charge is 0.398 e. The van der Waals surface area contributed by atoms with Gasteiger partial charge in [-0.3, -0.25) is 4.79 Å². The molecule has 0 saturated carbocycles. The van der Waals surface area contributed by atoms with Gasteiger partial charge in [-0.25, -0.2) is 0 Å². The minimum atomic E-state index is 0.0211. The Labute approximate surface area is 132 Å². The van der Waals surface area contributed by atoms with E-state index in [2.05, 4.69) is 40.2 Å². The summed E-state index contributed by atoms with van der Waals surface area (Å²) in [6.07, 6.45) is 1.80. The zero-order chi connectivity index (χ0) is 14.8. The van der Waals surface area contributed by atoms with Crippen LogP contribution in [0.1, 0.15) is 21.5 Å². The first-order chi connectivity index (χ1) is 10.1. The van der Waals surface area contributed by atoms with Gasteiger partial charge in [0, 0.05) is 23.2 Å². The number of anilines is 1. The molecule has 0 unspecified atom stereocenters. The molecule has 0 aromatic heterocycles. The van der Waals surface area contributed by atoms with E-state index in [9.17, 15) is 4.79 Å². The number of nitrogen functional groups attached to an aromatic ring is 1. The summed E-state index contributed by atoms with van der Waals surface area (Å²) in [6, 6.07) is 13.8. The van der Waals surface area contributed by atoms with E-state index < -0.39 is 0 Å². The third kappa shape index (κ3) is 2.95. The Morgan fingerprint density at radius 3 is 2.24 bits per heavy atom. The first-order valence-electron chi connectivity index (χ1n) is 7.06. The summed E-state index contributed by atoms with van der Waals surface area (Å²) in [7, 11) is 0. The van der Waals surface area contributed by atoms with Crippen molar-refractivity contribution in [1.29, 1.82) is 0 Å². The van der Waals surface area contributed by atoms with E-state index in [1.165, 1.54) is 11.1 Å². The Morgan fingerprint density at radius 2 is 1.67 bits per heavy atom. The van der Waals surface area contributed by atoms with Gasteiger partial charge in [-0.1, -0.05) is 40.2 Å². The number of carbonyl (C=O) groups is 1. The fourth-order valence-electron chi connectivity index (χ4n) is 2.77. The second-order valence-electron chi connectivity index (χ2n) is 5.29. The Morgan fingerprint density at radius 1 is 1.05 bits per heavy atom. The van der Waals surface area contributed by atoms with E-state index in [1.807, 2.05) is 11.0 Å². The van der Waals surface area contributed by atoms with E-state index in [1.54, 1.807) is 12.1 Å². The SMILES string of the molecule is Nc1cc(Br)ccc1C(=O)N1CCc2ccccc2CC1. The summed E-state index contributed by atoms with van der Waals surface area (Å²) in [6.45, 7) is 1.48. The van der Waals surface area contributed by atoms with Gasteiger partial charge in [-0.2, -0.15) is 0 Å². The predicted molar refractivity (Wildman–Crippen MR) is 88.3 cm³/mol. The van der Waals surface area contributed by atoms with E-state index in [0.717, 1.165) is 30.4 Å². The van der Waals surface area contributed by atoms with E-state index in [4.69, 9.17) is 5.73 Å². The van der Waals surface area contributed by atoms with Crippen LogP contribution in [0.2, 0.25) is 0 Å². The lowest BCUT2D eigenvalue weighted by Gasteiger charge is -2.21. The van der Waals surface area contributed by atoms with Crippen molar-refractivity contribution in [3.05, 3.63) is 63.6 Å². The molecule has 1 aliphatic rings. The van der Waals surface area contributed by atoms with Crippen LogP contribution in [0.3, 0.4) is 0 Å². The first-order valence-corrected chi connectivity index (χ1v) is 7.85. The molecule has 0 aliphatic carbocycles. The molecule has 2 aromatic carbocycles. The van der Waals surface area contributed by atoms with Gasteiger partial charge in [0.25, 0.3) is 5.91 Å². The Balaban J connectivity index is 1.81. The van der Waals surface area contributed by atoms with Gasteiger partial charge in [-0.05, 0) is 42.2 Å². The molecule has 2 N–H and O–H groups in total. The van der Waals surface area contributed by atoms with Crippen molar-refractivity contribution in [2.24, 2.45) is 0 Å². The van der Waals surface area contributed by atoms with Crippen LogP contribution in [0.15, 0.2) is 46.9 Å². The van der Waals surface area contributed by atoms with Crippen molar-refractivity contribution >= 4 is 27.5 Å². The second kappa shape index (κ2) is 5.90. The number of halogens is 1. The fourth-order valence-corrected chi connectivity index (χ4v) is 3.15. The molecule has 1 amide bonds. The number of benzene rings is 2. The highest BCUT2D eigenvalue weighted by molar-refractivity contribution is 9.10. The smallest absolute Gasteiger partial charge is 0.255 e. The maximum absolute atomic E-state index is 12.7. The molecule has 0 saturated heterocycles. The molecule has 0 bridgehead atoms. The van der Waals surface area contributed by atoms with Crippen LogP contribution in [-0.4, -0.2) is 23.9 Å². The van der Waals surface area contributed by atoms with Crippen LogP contribution in [0.4, 0.5) is 5.69 Å². The number of hydrogen-bond acceptors (Lipinski definition) is 2. The topological polar surface area (TPSA) is 46.3 Å². The molecule has 0 fully saturated rings. The third-order valence-corrected chi connectivity index (χ3v) is 4.44. The maximum atomic E-state index is 12.7. The fraction of sp³-hybridized carbons (Fsp3) is 0.235. The van der Waals surface area contributed by atoms with Crippen molar-refractivity contribution in [2.75, 3.05) is 18.8 Å². The molecule has 21 heavy (non-hydrogen) atoms. The molecule has 0 atom stereocenters. The molecule has 2 aromatic rings.